The van der Waals surface area contributed by atoms with Crippen LogP contribution in [-0.4, -0.2) is 90.1 Å². The molecule has 11 heteroatoms. The highest BCUT2D eigenvalue weighted by atomic mass is 16.6. The Labute approximate surface area is 228 Å². The van der Waals surface area contributed by atoms with Crippen molar-refractivity contribution in [1.82, 2.24) is 19.9 Å². The number of amides is 1. The Morgan fingerprint density at radius 3 is 2.51 bits per heavy atom. The lowest BCUT2D eigenvalue weighted by Crippen LogP contribution is -2.44. The van der Waals surface area contributed by atoms with Crippen molar-refractivity contribution < 1.29 is 14.6 Å². The van der Waals surface area contributed by atoms with Crippen LogP contribution in [0.4, 0.5) is 39.6 Å². The van der Waals surface area contributed by atoms with E-state index >= 15 is 0 Å². The Hall–Kier alpha value is -3.96. The number of benzene rings is 1. The molecule has 2 saturated heterocycles. The van der Waals surface area contributed by atoms with E-state index in [1.54, 1.807) is 17.2 Å². The summed E-state index contributed by atoms with van der Waals surface area (Å²) in [5.74, 6) is 2.30. The van der Waals surface area contributed by atoms with Gasteiger partial charge in [-0.2, -0.15) is 4.98 Å². The third kappa shape index (κ3) is 4.72. The summed E-state index contributed by atoms with van der Waals surface area (Å²) in [6.07, 6.45) is 1.38. The van der Waals surface area contributed by atoms with Crippen molar-refractivity contribution in [2.45, 2.75) is 25.3 Å². The predicted octanol–water partition coefficient (Wildman–Crippen LogP) is 3.11. The summed E-state index contributed by atoms with van der Waals surface area (Å²) in [6, 6.07) is 13.8. The van der Waals surface area contributed by atoms with Gasteiger partial charge in [-0.3, -0.25) is 4.90 Å². The Kier molecular flexibility index (Phi) is 6.48. The zero-order valence-corrected chi connectivity index (χ0v) is 22.5. The summed E-state index contributed by atoms with van der Waals surface area (Å²) in [5, 5.41) is 13.6. The number of aliphatic hydroxyl groups excluding tert-OH is 1. The number of hydrogen-bond donors (Lipinski definition) is 2. The molecule has 0 saturated carbocycles. The molecule has 1 aromatic carbocycles. The van der Waals surface area contributed by atoms with Crippen molar-refractivity contribution in [3.8, 4) is 0 Å². The quantitative estimate of drug-likeness (QED) is 0.493. The highest BCUT2D eigenvalue weighted by molar-refractivity contribution is 5.89. The smallest absolute Gasteiger partial charge is 0.415 e. The minimum absolute atomic E-state index is 0.0600. The fourth-order valence-corrected chi connectivity index (χ4v) is 5.38. The van der Waals surface area contributed by atoms with Gasteiger partial charge in [-0.15, -0.1) is 0 Å². The first-order valence-corrected chi connectivity index (χ1v) is 13.3. The van der Waals surface area contributed by atoms with Crippen LogP contribution in [0.1, 0.15) is 19.4 Å². The second-order valence-corrected chi connectivity index (χ2v) is 10.8. The molecule has 39 heavy (non-hydrogen) atoms. The SMILES string of the molecule is C[C@H]1COC(=O)N1c1cccc(N2C[C@](C)(CO)c3cnc(Nc4ccc(N5CCN(C)CC5)cc4)nc32)n1. The van der Waals surface area contributed by atoms with Crippen molar-refractivity contribution in [3.63, 3.8) is 0 Å². The van der Waals surface area contributed by atoms with E-state index < -0.39 is 11.5 Å². The summed E-state index contributed by atoms with van der Waals surface area (Å²) >= 11 is 0. The van der Waals surface area contributed by atoms with Crippen LogP contribution >= 0.6 is 0 Å². The maximum Gasteiger partial charge on any atom is 0.415 e. The molecule has 2 aromatic heterocycles. The number of aromatic nitrogens is 3. The zero-order valence-electron chi connectivity index (χ0n) is 22.5. The highest BCUT2D eigenvalue weighted by Crippen LogP contribution is 2.43. The van der Waals surface area contributed by atoms with Crippen LogP contribution in [0.3, 0.4) is 0 Å². The highest BCUT2D eigenvalue weighted by Gasteiger charge is 2.42. The van der Waals surface area contributed by atoms with Gasteiger partial charge in [0.2, 0.25) is 5.95 Å². The zero-order chi connectivity index (χ0) is 27.1. The minimum Gasteiger partial charge on any atom is -0.447 e. The van der Waals surface area contributed by atoms with Crippen molar-refractivity contribution in [1.29, 1.82) is 0 Å². The molecule has 0 radical (unpaired) electrons. The standard InChI is InChI=1S/C28H34N8O3/c1-19-16-39-27(38)36(19)24-6-4-5-23(31-24)35-17-28(2,18-37)22-15-29-26(32-25(22)35)30-20-7-9-21(10-8-20)34-13-11-33(3)12-14-34/h4-10,15,19,37H,11-14,16-18H2,1-3H3,(H,29,30,32)/t19-,28+/m0/s1. The molecule has 3 aliphatic heterocycles. The molecule has 0 unspecified atom stereocenters. The first-order valence-electron chi connectivity index (χ1n) is 13.3. The first-order chi connectivity index (χ1) is 18.8. The van der Waals surface area contributed by atoms with Gasteiger partial charge in [-0.1, -0.05) is 13.0 Å². The first kappa shape index (κ1) is 25.3. The number of likely N-dealkylation sites (N-methyl/N-ethyl adjacent to an activating group) is 1. The summed E-state index contributed by atoms with van der Waals surface area (Å²) in [7, 11) is 2.15. The number of anilines is 6. The lowest BCUT2D eigenvalue weighted by Gasteiger charge is -2.34. The van der Waals surface area contributed by atoms with E-state index in [-0.39, 0.29) is 12.6 Å². The summed E-state index contributed by atoms with van der Waals surface area (Å²) < 4.78 is 5.19. The summed E-state index contributed by atoms with van der Waals surface area (Å²) in [6.45, 7) is 8.82. The van der Waals surface area contributed by atoms with Crippen molar-refractivity contribution >= 4 is 40.9 Å². The van der Waals surface area contributed by atoms with Crippen LogP contribution in [0.25, 0.3) is 0 Å². The molecule has 11 nitrogen and oxygen atoms in total. The second kappa shape index (κ2) is 9.97. The average Bonchev–Trinajstić information content (AvgIpc) is 3.45. The van der Waals surface area contributed by atoms with E-state index in [2.05, 4.69) is 39.3 Å². The van der Waals surface area contributed by atoms with Crippen LogP contribution in [0.15, 0.2) is 48.7 Å². The molecule has 5 heterocycles. The number of nitrogens with zero attached hydrogens (tertiary/aromatic N) is 7. The summed E-state index contributed by atoms with van der Waals surface area (Å²) in [4.78, 5) is 34.8. The van der Waals surface area contributed by atoms with E-state index in [1.807, 2.05) is 43.0 Å². The number of piperazine rings is 1. The van der Waals surface area contributed by atoms with E-state index in [1.165, 1.54) is 5.69 Å². The van der Waals surface area contributed by atoms with E-state index in [9.17, 15) is 9.90 Å². The molecular weight excluding hydrogens is 496 g/mol. The maximum absolute atomic E-state index is 12.3. The van der Waals surface area contributed by atoms with Crippen LogP contribution in [-0.2, 0) is 10.2 Å². The van der Waals surface area contributed by atoms with Crippen molar-refractivity contribution in [3.05, 3.63) is 54.2 Å². The monoisotopic (exact) mass is 530 g/mol. The topological polar surface area (TPSA) is 110 Å². The van der Waals surface area contributed by atoms with Crippen molar-refractivity contribution in [2.24, 2.45) is 0 Å². The number of carbonyl (C=O) groups excluding carboxylic acids is 1. The minimum atomic E-state index is -0.560. The molecule has 0 aliphatic carbocycles. The van der Waals surface area contributed by atoms with Gasteiger partial charge in [0.1, 0.15) is 24.1 Å². The van der Waals surface area contributed by atoms with Gasteiger partial charge in [-0.25, -0.2) is 14.8 Å². The van der Waals surface area contributed by atoms with Gasteiger partial charge < -0.3 is 29.9 Å². The van der Waals surface area contributed by atoms with Gasteiger partial charge >= 0.3 is 6.09 Å². The maximum atomic E-state index is 12.3. The number of carbonyl (C=O) groups is 1. The summed E-state index contributed by atoms with van der Waals surface area (Å²) in [5.41, 5.74) is 2.39. The number of nitrogens with one attached hydrogen (secondary N) is 1. The number of ether oxygens (including phenoxy) is 1. The number of aliphatic hydroxyl groups is 1. The molecule has 3 aromatic rings. The van der Waals surface area contributed by atoms with Gasteiger partial charge in [0, 0.05) is 61.3 Å². The Morgan fingerprint density at radius 2 is 1.82 bits per heavy atom. The lowest BCUT2D eigenvalue weighted by atomic mass is 9.87. The number of fused-ring (bicyclic) bond motifs is 1. The molecule has 2 N–H and O–H groups in total. The van der Waals surface area contributed by atoms with E-state index in [4.69, 9.17) is 14.7 Å². The largest absolute Gasteiger partial charge is 0.447 e. The van der Waals surface area contributed by atoms with E-state index in [0.29, 0.717) is 36.6 Å². The molecule has 1 amide bonds. The molecule has 3 aliphatic rings. The fourth-order valence-electron chi connectivity index (χ4n) is 5.38. The molecule has 0 bridgehead atoms. The molecule has 2 fully saturated rings. The van der Waals surface area contributed by atoms with Gasteiger partial charge in [-0.05, 0) is 50.4 Å². The van der Waals surface area contributed by atoms with Gasteiger partial charge in [0.25, 0.3) is 0 Å². The molecular formula is C28H34N8O3. The number of hydrogen-bond acceptors (Lipinski definition) is 10. The number of rotatable bonds is 6. The average molecular weight is 531 g/mol. The number of pyridine rings is 1. The Balaban J connectivity index is 1.26. The van der Waals surface area contributed by atoms with Gasteiger partial charge in [0.05, 0.1) is 12.6 Å². The second-order valence-electron chi connectivity index (χ2n) is 10.8. The van der Waals surface area contributed by atoms with E-state index in [0.717, 1.165) is 37.4 Å². The van der Waals surface area contributed by atoms with Crippen LogP contribution < -0.4 is 20.0 Å². The van der Waals surface area contributed by atoms with Gasteiger partial charge in [0.15, 0.2) is 0 Å². The normalized spacial score (nSPS) is 23.2. The molecule has 6 rings (SSSR count). The van der Waals surface area contributed by atoms with Crippen LogP contribution in [0.2, 0.25) is 0 Å². The third-order valence-corrected chi connectivity index (χ3v) is 7.85. The third-order valence-electron chi connectivity index (χ3n) is 7.85. The lowest BCUT2D eigenvalue weighted by molar-refractivity contribution is 0.179. The predicted molar refractivity (Wildman–Crippen MR) is 150 cm³/mol. The fraction of sp³-hybridized carbons (Fsp3) is 0.429. The Morgan fingerprint density at radius 1 is 1.08 bits per heavy atom. The van der Waals surface area contributed by atoms with Crippen molar-refractivity contribution in [2.75, 3.05) is 73.0 Å². The molecule has 204 valence electrons. The van der Waals surface area contributed by atoms with Crippen LogP contribution in [0, 0.1) is 0 Å². The number of cyclic esters (lactones) is 1. The molecule has 0 spiro atoms. The molecule has 2 atom stereocenters. The Bertz CT molecular complexity index is 1360. The van der Waals surface area contributed by atoms with Crippen LogP contribution in [0.5, 0.6) is 0 Å².